The first-order valence-electron chi connectivity index (χ1n) is 6.24. The van der Waals surface area contributed by atoms with E-state index < -0.39 is 17.4 Å². The summed E-state index contributed by atoms with van der Waals surface area (Å²) in [6.45, 7) is 7.45. The first-order chi connectivity index (χ1) is 8.98. The van der Waals surface area contributed by atoms with Crippen LogP contribution in [0, 0.1) is 5.41 Å². The molecule has 0 saturated heterocycles. The second kappa shape index (κ2) is 5.56. The van der Waals surface area contributed by atoms with Gasteiger partial charge in [0, 0.05) is 10.9 Å². The lowest BCUT2D eigenvalue weighted by molar-refractivity contribution is -0.163. The van der Waals surface area contributed by atoms with Crippen LogP contribution in [0.25, 0.3) is 0 Å². The van der Waals surface area contributed by atoms with Gasteiger partial charge in [-0.05, 0) is 29.5 Å². The third-order valence-corrected chi connectivity index (χ3v) is 4.15. The molecule has 2 N–H and O–H groups in total. The van der Waals surface area contributed by atoms with Crippen LogP contribution in [-0.4, -0.2) is 22.2 Å². The number of rotatable bonds is 4. The Bertz CT molecular complexity index is 529. The molecule has 0 aliphatic rings. The van der Waals surface area contributed by atoms with Crippen molar-refractivity contribution in [2.45, 2.75) is 39.5 Å². The smallest absolute Gasteiger partial charge is 0.321 e. The topological polar surface area (TPSA) is 74.6 Å². The standard InChI is InChI=1S/C15H19BrO4/c1-14(2,3)10-6-5-9(11(16)7-10)8-15(4,12(17)18)13(19)20/h5-7H,8H2,1-4H3,(H,17,18)(H,19,20). The van der Waals surface area contributed by atoms with Gasteiger partial charge in [0.2, 0.25) is 0 Å². The second-order valence-corrected chi connectivity index (χ2v) is 7.03. The van der Waals surface area contributed by atoms with E-state index in [1.54, 1.807) is 6.07 Å². The lowest BCUT2D eigenvalue weighted by Gasteiger charge is -2.23. The molecule has 0 fully saturated rings. The summed E-state index contributed by atoms with van der Waals surface area (Å²) in [5, 5.41) is 18.3. The highest BCUT2D eigenvalue weighted by atomic mass is 79.9. The van der Waals surface area contributed by atoms with Gasteiger partial charge in [-0.1, -0.05) is 48.8 Å². The molecular weight excluding hydrogens is 324 g/mol. The van der Waals surface area contributed by atoms with Crippen LogP contribution in [0.15, 0.2) is 22.7 Å². The number of carbonyl (C=O) groups is 2. The number of hydrogen-bond acceptors (Lipinski definition) is 2. The number of carboxylic acids is 2. The van der Waals surface area contributed by atoms with E-state index in [4.69, 9.17) is 10.2 Å². The number of carboxylic acid groups (broad SMARTS) is 2. The van der Waals surface area contributed by atoms with E-state index in [-0.39, 0.29) is 11.8 Å². The van der Waals surface area contributed by atoms with Gasteiger partial charge in [0.05, 0.1) is 0 Å². The van der Waals surface area contributed by atoms with Crippen molar-refractivity contribution in [1.29, 1.82) is 0 Å². The van der Waals surface area contributed by atoms with E-state index in [2.05, 4.69) is 36.7 Å². The van der Waals surface area contributed by atoms with Crippen LogP contribution in [-0.2, 0) is 21.4 Å². The van der Waals surface area contributed by atoms with Crippen molar-refractivity contribution in [1.82, 2.24) is 0 Å². The van der Waals surface area contributed by atoms with Gasteiger partial charge >= 0.3 is 11.9 Å². The first-order valence-corrected chi connectivity index (χ1v) is 7.03. The van der Waals surface area contributed by atoms with Gasteiger partial charge in [0.25, 0.3) is 0 Å². The quantitative estimate of drug-likeness (QED) is 0.821. The molecule has 0 radical (unpaired) electrons. The van der Waals surface area contributed by atoms with Crippen molar-refractivity contribution in [2.24, 2.45) is 5.41 Å². The zero-order valence-electron chi connectivity index (χ0n) is 12.0. The third kappa shape index (κ3) is 3.39. The Kier molecular flexibility index (Phi) is 4.64. The summed E-state index contributed by atoms with van der Waals surface area (Å²) in [4.78, 5) is 22.4. The average molecular weight is 343 g/mol. The maximum atomic E-state index is 11.2. The van der Waals surface area contributed by atoms with Gasteiger partial charge in [-0.15, -0.1) is 0 Å². The lowest BCUT2D eigenvalue weighted by Crippen LogP contribution is -2.38. The molecule has 1 rings (SSSR count). The average Bonchev–Trinajstić information content (AvgIpc) is 2.29. The molecule has 5 heteroatoms. The van der Waals surface area contributed by atoms with Gasteiger partial charge in [-0.3, -0.25) is 9.59 Å². The lowest BCUT2D eigenvalue weighted by atomic mass is 9.82. The molecule has 110 valence electrons. The van der Waals surface area contributed by atoms with Crippen molar-refractivity contribution < 1.29 is 19.8 Å². The minimum Gasteiger partial charge on any atom is -0.480 e. The molecule has 4 nitrogen and oxygen atoms in total. The summed E-state index contributed by atoms with van der Waals surface area (Å²) in [7, 11) is 0. The second-order valence-electron chi connectivity index (χ2n) is 6.18. The largest absolute Gasteiger partial charge is 0.480 e. The Morgan fingerprint density at radius 1 is 1.10 bits per heavy atom. The number of aliphatic carboxylic acids is 2. The van der Waals surface area contributed by atoms with E-state index in [0.29, 0.717) is 5.56 Å². The Labute approximate surface area is 126 Å². The Hall–Kier alpha value is -1.36. The van der Waals surface area contributed by atoms with Crippen molar-refractivity contribution in [3.8, 4) is 0 Å². The van der Waals surface area contributed by atoms with Gasteiger partial charge in [-0.25, -0.2) is 0 Å². The van der Waals surface area contributed by atoms with Gasteiger partial charge in [0.1, 0.15) is 0 Å². The van der Waals surface area contributed by atoms with Crippen molar-refractivity contribution >= 4 is 27.9 Å². The van der Waals surface area contributed by atoms with E-state index in [1.807, 2.05) is 12.1 Å². The summed E-state index contributed by atoms with van der Waals surface area (Å²) >= 11 is 3.40. The van der Waals surface area contributed by atoms with Crippen LogP contribution in [0.5, 0.6) is 0 Å². The molecule has 1 aromatic rings. The fraction of sp³-hybridized carbons (Fsp3) is 0.467. The highest BCUT2D eigenvalue weighted by molar-refractivity contribution is 9.10. The zero-order chi connectivity index (χ0) is 15.7. The SMILES string of the molecule is CC(Cc1ccc(C(C)(C)C)cc1Br)(C(=O)O)C(=O)O. The molecule has 0 heterocycles. The van der Waals surface area contributed by atoms with Gasteiger partial charge < -0.3 is 10.2 Å². The highest BCUT2D eigenvalue weighted by Crippen LogP contribution is 2.31. The maximum absolute atomic E-state index is 11.2. The van der Waals surface area contributed by atoms with E-state index in [0.717, 1.165) is 10.0 Å². The molecule has 0 spiro atoms. The number of halogens is 1. The van der Waals surface area contributed by atoms with E-state index >= 15 is 0 Å². The van der Waals surface area contributed by atoms with Crippen LogP contribution in [0.4, 0.5) is 0 Å². The molecule has 0 saturated carbocycles. The Morgan fingerprint density at radius 3 is 1.95 bits per heavy atom. The molecule has 0 aliphatic carbocycles. The highest BCUT2D eigenvalue weighted by Gasteiger charge is 2.42. The molecular formula is C15H19BrO4. The van der Waals surface area contributed by atoms with Crippen LogP contribution in [0.1, 0.15) is 38.8 Å². The van der Waals surface area contributed by atoms with Gasteiger partial charge in [-0.2, -0.15) is 0 Å². The van der Waals surface area contributed by atoms with Gasteiger partial charge in [0.15, 0.2) is 5.41 Å². The molecule has 0 unspecified atom stereocenters. The Morgan fingerprint density at radius 2 is 1.60 bits per heavy atom. The van der Waals surface area contributed by atoms with E-state index in [9.17, 15) is 9.59 Å². The summed E-state index contributed by atoms with van der Waals surface area (Å²) in [5.41, 5.74) is -0.0822. The molecule has 0 aromatic heterocycles. The van der Waals surface area contributed by atoms with Crippen LogP contribution >= 0.6 is 15.9 Å². The molecule has 0 bridgehead atoms. The monoisotopic (exact) mass is 342 g/mol. The minimum atomic E-state index is -1.83. The van der Waals surface area contributed by atoms with E-state index in [1.165, 1.54) is 6.92 Å². The van der Waals surface area contributed by atoms with Crippen molar-refractivity contribution in [2.75, 3.05) is 0 Å². The minimum absolute atomic E-state index is 0.0239. The molecule has 20 heavy (non-hydrogen) atoms. The summed E-state index contributed by atoms with van der Waals surface area (Å²) in [5.74, 6) is -2.67. The van der Waals surface area contributed by atoms with Crippen molar-refractivity contribution in [3.63, 3.8) is 0 Å². The van der Waals surface area contributed by atoms with Crippen LogP contribution < -0.4 is 0 Å². The van der Waals surface area contributed by atoms with Crippen LogP contribution in [0.3, 0.4) is 0 Å². The summed E-state index contributed by atoms with van der Waals surface area (Å²) in [6, 6.07) is 5.61. The number of hydrogen-bond donors (Lipinski definition) is 2. The Balaban J connectivity index is 3.17. The fourth-order valence-corrected chi connectivity index (χ4v) is 2.30. The molecule has 0 amide bonds. The summed E-state index contributed by atoms with van der Waals surface area (Å²) < 4.78 is 0.735. The zero-order valence-corrected chi connectivity index (χ0v) is 13.6. The maximum Gasteiger partial charge on any atom is 0.321 e. The molecule has 1 aromatic carbocycles. The first kappa shape index (κ1) is 16.7. The predicted octanol–water partition coefficient (Wildman–Crippen LogP) is 3.46. The van der Waals surface area contributed by atoms with Crippen molar-refractivity contribution in [3.05, 3.63) is 33.8 Å². The summed E-state index contributed by atoms with van der Waals surface area (Å²) in [6.07, 6.45) is -0.0668. The third-order valence-electron chi connectivity index (χ3n) is 3.41. The molecule has 0 aliphatic heterocycles. The fourth-order valence-electron chi connectivity index (χ4n) is 1.78. The molecule has 0 atom stereocenters. The predicted molar refractivity (Wildman–Crippen MR) is 79.9 cm³/mol. The normalized spacial score (nSPS) is 12.2. The number of benzene rings is 1. The van der Waals surface area contributed by atoms with Crippen LogP contribution in [0.2, 0.25) is 0 Å².